The Morgan fingerprint density at radius 1 is 0.701 bits per heavy atom. The number of benzene rings is 4. The van der Waals surface area contributed by atoms with Crippen LogP contribution in [0, 0.1) is 27.2 Å². The second kappa shape index (κ2) is 47.0. The third kappa shape index (κ3) is 38.6. The summed E-state index contributed by atoms with van der Waals surface area (Å²) in [5.41, 5.74) is 17.6. The van der Waals surface area contributed by atoms with Crippen LogP contribution in [-0.4, -0.2) is 90.5 Å². The van der Waals surface area contributed by atoms with E-state index in [9.17, 15) is 34.8 Å². The SMILES string of the molecule is CB(O)N1CCCCC1c1ccc(N)cc1.CC(C)(C)OC(=O)OC(=O)OC(C)(C)C.Cc1ccc([N+](=O)[O-])cc1.F.FF.FF.Nc1ccc(C2CCCCN2)cc1.O=[N+]([O-])c1ccc(-c2ccccn2)cc1.OB(O)c1cccnc1.[HH].[O]=[Pt]=[O].[Pd]. The average Bonchev–Trinajstić information content (AvgIpc) is 3.67. The smallest absolute Gasteiger partial charge is 0 e. The summed E-state index contributed by atoms with van der Waals surface area (Å²) >= 11 is -1.92. The fourth-order valence-electron chi connectivity index (χ4n) is 7.43. The van der Waals surface area contributed by atoms with Gasteiger partial charge in [0, 0.05) is 117 Å². The number of piperidine rings is 2. The number of nitrogens with two attached hydrogens (primary N) is 2. The number of halogens is 5. The van der Waals surface area contributed by atoms with Crippen LogP contribution in [0.25, 0.3) is 11.3 Å². The van der Waals surface area contributed by atoms with Crippen LogP contribution in [0.1, 0.15) is 110 Å². The number of nitrogens with zero attached hydrogens (tertiary/aromatic N) is 5. The third-order valence-corrected chi connectivity index (χ3v) is 11.2. The molecule has 2 fully saturated rings. The van der Waals surface area contributed by atoms with E-state index in [1.54, 1.807) is 90.3 Å². The van der Waals surface area contributed by atoms with E-state index in [0.29, 0.717) is 17.5 Å². The minimum Gasteiger partial charge on any atom is 0 e. The second-order valence-electron chi connectivity index (χ2n) is 20.1. The van der Waals surface area contributed by atoms with Crippen LogP contribution < -0.4 is 22.2 Å². The largest absolute Gasteiger partial charge is 0 e. The summed E-state index contributed by atoms with van der Waals surface area (Å²) in [6.07, 6.45) is 9.99. The van der Waals surface area contributed by atoms with Crippen LogP contribution in [0.2, 0.25) is 6.82 Å². The number of hydrogen-bond acceptors (Lipinski definition) is 20. The minimum absolute atomic E-state index is 0. The van der Waals surface area contributed by atoms with Gasteiger partial charge in [0.2, 0.25) is 0 Å². The number of nitrogen functional groups attached to an aromatic ring is 2. The van der Waals surface area contributed by atoms with E-state index >= 15 is 0 Å². The molecule has 8 N–H and O–H groups in total. The van der Waals surface area contributed by atoms with E-state index in [1.807, 2.05) is 56.2 Å². The van der Waals surface area contributed by atoms with Crippen LogP contribution in [0.3, 0.4) is 0 Å². The molecular formula is C56H77B2F5N8O14PdPt. The number of carbonyl (C=O) groups is 2. The topological polar surface area (TPSA) is 336 Å². The number of pyridine rings is 2. The first kappa shape index (κ1) is 84.1. The molecule has 2 aromatic heterocycles. The molecule has 0 saturated carbocycles. The van der Waals surface area contributed by atoms with Gasteiger partial charge in [-0.2, -0.15) is 0 Å². The molecule has 2 aliphatic heterocycles. The van der Waals surface area contributed by atoms with Gasteiger partial charge in [-0.05, 0) is 160 Å². The molecule has 0 radical (unpaired) electrons. The Morgan fingerprint density at radius 2 is 1.17 bits per heavy atom. The zero-order valence-electron chi connectivity index (χ0n) is 49.1. The second-order valence-corrected chi connectivity index (χ2v) is 20.5. The van der Waals surface area contributed by atoms with Crippen molar-refractivity contribution >= 4 is 54.7 Å². The molecule has 486 valence electrons. The van der Waals surface area contributed by atoms with E-state index in [2.05, 4.69) is 49.1 Å². The van der Waals surface area contributed by atoms with Crippen LogP contribution in [-0.2, 0) is 59.9 Å². The molecule has 2 atom stereocenters. The molecule has 0 bridgehead atoms. The normalized spacial score (nSPS) is 13.6. The number of aromatic nitrogens is 2. The fourth-order valence-corrected chi connectivity index (χ4v) is 7.43. The average molecular weight is 1500 g/mol. The van der Waals surface area contributed by atoms with Gasteiger partial charge in [-0.15, -0.1) is 0 Å². The predicted molar refractivity (Wildman–Crippen MR) is 316 cm³/mol. The number of hydrogen-bond donors (Lipinski definition) is 6. The summed E-state index contributed by atoms with van der Waals surface area (Å²) in [7, 11) is -1.78. The first-order chi connectivity index (χ1) is 40.2. The van der Waals surface area contributed by atoms with Gasteiger partial charge < -0.3 is 50.9 Å². The Balaban J connectivity index is -0.000000472. The zero-order chi connectivity index (χ0) is 64.5. The molecule has 2 aliphatic rings. The van der Waals surface area contributed by atoms with Gasteiger partial charge >= 0.3 is 51.8 Å². The van der Waals surface area contributed by atoms with E-state index in [0.717, 1.165) is 47.7 Å². The summed E-state index contributed by atoms with van der Waals surface area (Å²) in [6.45, 7) is 15.9. The standard InChI is InChI=1S/C12H19BN2O.C11H8N2O2.C11H16N2.C10H18O5.C7H7NO2.C5H6BNO2.2F2.FH.2O.Pd.Pt.H2/c1-13(16)15-9-3-2-4-12(15)10-5-7-11(14)8-6-10;14-13(15)10-6-4-9(5-7-10)11-3-1-2-8-12-11;12-10-6-4-9(5-7-10)11-3-1-2-8-13-11;1-9(2,3)14-7(11)13-8(12)15-10(4,5)6;1-6-2-4-7(5-3-6)8(9)10;8-6(9)5-2-1-3-7-4-5;2*1-2;;;;;;/h5-8,12,16H,2-4,9,14H2,1H3;1-8H;4-7,11,13H,1-3,8,12H2;1-6H3;2-5H,1H3;1-4,8-9H;;;1H;;;;;1H. The van der Waals surface area contributed by atoms with Crippen LogP contribution in [0.5, 0.6) is 0 Å². The number of non-ortho nitro benzene ring substituents is 2. The summed E-state index contributed by atoms with van der Waals surface area (Å²) in [5.74, 6) is 0. The molecule has 31 heteroatoms. The van der Waals surface area contributed by atoms with E-state index in [4.69, 9.17) is 56.1 Å². The Morgan fingerprint density at radius 3 is 1.55 bits per heavy atom. The summed E-state index contributed by atoms with van der Waals surface area (Å²) in [5, 5.41) is 50.9. The number of aryl methyl sites for hydroxylation is 1. The number of nitro groups is 2. The number of nitrogens with one attached hydrogen (secondary N) is 1. The molecule has 87 heavy (non-hydrogen) atoms. The maximum Gasteiger partial charge on any atom is 0 e. The Hall–Kier alpha value is -7.15. The molecule has 6 aromatic rings. The molecule has 0 aliphatic carbocycles. The Bertz CT molecular complexity index is 2820. The van der Waals surface area contributed by atoms with Gasteiger partial charge in [-0.25, -0.2) is 9.59 Å². The van der Waals surface area contributed by atoms with Gasteiger partial charge in [-0.1, -0.05) is 66.9 Å². The van der Waals surface area contributed by atoms with Crippen molar-refractivity contribution in [3.05, 3.63) is 183 Å². The van der Waals surface area contributed by atoms with Crippen LogP contribution >= 0.6 is 0 Å². The van der Waals surface area contributed by atoms with E-state index < -0.39 is 59.0 Å². The molecular weight excluding hydrogens is 1430 g/mol. The van der Waals surface area contributed by atoms with Gasteiger partial charge in [0.1, 0.15) is 11.2 Å². The van der Waals surface area contributed by atoms with Gasteiger partial charge in [0.05, 0.1) is 15.5 Å². The molecule has 8 rings (SSSR count). The van der Waals surface area contributed by atoms with Crippen molar-refractivity contribution in [2.45, 2.75) is 117 Å². The quantitative estimate of drug-likeness (QED) is 0.0164. The van der Waals surface area contributed by atoms with Crippen molar-refractivity contribution in [2.24, 2.45) is 0 Å². The van der Waals surface area contributed by atoms with Crippen LogP contribution in [0.4, 0.5) is 55.3 Å². The summed E-state index contributed by atoms with van der Waals surface area (Å²) in [6, 6.07) is 38.7. The molecule has 22 nitrogen and oxygen atoms in total. The van der Waals surface area contributed by atoms with Crippen molar-refractivity contribution in [2.75, 3.05) is 24.6 Å². The molecule has 0 amide bonds. The number of ether oxygens (including phenoxy) is 3. The summed E-state index contributed by atoms with van der Waals surface area (Å²) in [4.78, 5) is 51.8. The number of carbonyl (C=O) groups excluding carboxylic acids is 2. The molecule has 2 saturated heterocycles. The third-order valence-electron chi connectivity index (χ3n) is 11.2. The van der Waals surface area contributed by atoms with Crippen LogP contribution in [0.15, 0.2) is 146 Å². The number of anilines is 2. The maximum absolute atomic E-state index is 11.0. The van der Waals surface area contributed by atoms with E-state index in [1.165, 1.54) is 73.7 Å². The molecule has 4 aromatic carbocycles. The monoisotopic (exact) mass is 1500 g/mol. The zero-order valence-corrected chi connectivity index (χ0v) is 52.9. The first-order valence-corrected chi connectivity index (χ1v) is 27.9. The maximum atomic E-state index is 11.0. The van der Waals surface area contributed by atoms with Crippen molar-refractivity contribution in [1.29, 1.82) is 0 Å². The molecule has 2 unspecified atom stereocenters. The van der Waals surface area contributed by atoms with Gasteiger partial charge in [0.15, 0.2) is 0 Å². The Kier molecular flexibility index (Phi) is 45.4. The van der Waals surface area contributed by atoms with E-state index in [-0.39, 0.29) is 45.0 Å². The van der Waals surface area contributed by atoms with Crippen molar-refractivity contribution in [1.82, 2.24) is 20.1 Å². The van der Waals surface area contributed by atoms with Crippen molar-refractivity contribution < 1.29 is 119 Å². The Labute approximate surface area is 526 Å². The molecule has 4 heterocycles. The van der Waals surface area contributed by atoms with Gasteiger partial charge in [-0.3, -0.25) is 34.9 Å². The summed E-state index contributed by atoms with van der Waals surface area (Å²) < 4.78 is 62.8. The van der Waals surface area contributed by atoms with Crippen molar-refractivity contribution in [3.63, 3.8) is 0 Å². The minimum atomic E-state index is -1.92. The number of nitro benzene ring substituents is 2. The number of rotatable bonds is 7. The first-order valence-electron chi connectivity index (χ1n) is 26.0. The predicted octanol–water partition coefficient (Wildman–Crippen LogP) is 12.0. The van der Waals surface area contributed by atoms with Crippen molar-refractivity contribution in [3.8, 4) is 11.3 Å². The fraction of sp³-hybridized carbons (Fsp3) is 0.357. The van der Waals surface area contributed by atoms with Gasteiger partial charge in [0.25, 0.3) is 11.4 Å². The molecule has 0 spiro atoms.